The van der Waals surface area contributed by atoms with Gasteiger partial charge in [-0.1, -0.05) is 44.2 Å². The van der Waals surface area contributed by atoms with Crippen LogP contribution in [0.25, 0.3) is 10.8 Å². The number of benzene rings is 1. The second kappa shape index (κ2) is 16.1. The fourth-order valence-electron chi connectivity index (χ4n) is 7.74. The van der Waals surface area contributed by atoms with Gasteiger partial charge in [-0.3, -0.25) is 19.1 Å². The summed E-state index contributed by atoms with van der Waals surface area (Å²) in [5, 5.41) is 6.56. The molecule has 6 rings (SSSR count). The SMILES string of the molecule is CC(C)Oc1cc2ccccc2c(O[C@@H]2C[C@H]3C(=O)N[C@]4(C(=O)NS(=O)(=O)C5(C)CC5)C[C@H]4/C=C\CC[C@H](C)C[C@@H](C)[C@H](NC(=O)OC(C)(C)C(F)(F)F)C(=O)N3C2)n1. The molecule has 1 aromatic carbocycles. The molecule has 14 nitrogen and oxygen atoms in total. The summed E-state index contributed by atoms with van der Waals surface area (Å²) in [7, 11) is -4.08. The molecular formula is C41H54F3N5O9S. The van der Waals surface area contributed by atoms with E-state index in [-0.39, 0.29) is 43.2 Å². The van der Waals surface area contributed by atoms with Gasteiger partial charge >= 0.3 is 12.3 Å². The van der Waals surface area contributed by atoms with Gasteiger partial charge in [0.1, 0.15) is 23.7 Å². The minimum Gasteiger partial charge on any atom is -0.475 e. The molecule has 2 aliphatic heterocycles. The Hall–Kier alpha value is -4.61. The number of allylic oxidation sites excluding steroid dienone is 1. The van der Waals surface area contributed by atoms with Crippen molar-refractivity contribution in [1.29, 1.82) is 0 Å². The third-order valence-electron chi connectivity index (χ3n) is 11.9. The number of alkyl carbamates (subject to hydrolysis) is 1. The first-order chi connectivity index (χ1) is 27.4. The number of pyridine rings is 1. The number of carbonyl (C=O) groups is 4. The Balaban J connectivity index is 1.37. The molecule has 3 N–H and O–H groups in total. The Morgan fingerprint density at radius 1 is 1.08 bits per heavy atom. The fraction of sp³-hybridized carbons (Fsp3) is 0.634. The van der Waals surface area contributed by atoms with Gasteiger partial charge in [0.05, 0.1) is 17.4 Å². The van der Waals surface area contributed by atoms with Crippen molar-refractivity contribution in [3.8, 4) is 11.8 Å². The van der Waals surface area contributed by atoms with Gasteiger partial charge in [-0.05, 0) is 96.4 Å². The highest BCUT2D eigenvalue weighted by Gasteiger charge is 2.63. The van der Waals surface area contributed by atoms with Crippen LogP contribution in [-0.2, 0) is 29.1 Å². The summed E-state index contributed by atoms with van der Waals surface area (Å²) in [5.41, 5.74) is -4.54. The highest BCUT2D eigenvalue weighted by molar-refractivity contribution is 7.91. The highest BCUT2D eigenvalue weighted by atomic mass is 32.2. The number of sulfonamides is 1. The van der Waals surface area contributed by atoms with Gasteiger partial charge in [0, 0.05) is 23.8 Å². The second-order valence-electron chi connectivity index (χ2n) is 17.6. The Morgan fingerprint density at radius 3 is 2.44 bits per heavy atom. The lowest BCUT2D eigenvalue weighted by molar-refractivity contribution is -0.244. The third-order valence-corrected chi connectivity index (χ3v) is 14.0. The molecule has 1 saturated heterocycles. The van der Waals surface area contributed by atoms with E-state index in [1.165, 1.54) is 11.8 Å². The van der Waals surface area contributed by atoms with E-state index in [1.807, 2.05) is 39.0 Å². The number of carbonyl (C=O) groups excluding carboxylic acids is 4. The van der Waals surface area contributed by atoms with Crippen LogP contribution >= 0.6 is 0 Å². The van der Waals surface area contributed by atoms with Crippen molar-refractivity contribution in [2.75, 3.05) is 6.54 Å². The molecule has 1 aromatic heterocycles. The Kier molecular flexibility index (Phi) is 12.0. The van der Waals surface area contributed by atoms with Crippen LogP contribution in [0.1, 0.15) is 93.4 Å². The van der Waals surface area contributed by atoms with Gasteiger partial charge in [-0.25, -0.2) is 13.2 Å². The Labute approximate surface area is 342 Å². The molecule has 4 aliphatic rings. The Morgan fingerprint density at radius 2 is 1.78 bits per heavy atom. The third kappa shape index (κ3) is 9.41. The largest absolute Gasteiger partial charge is 0.475 e. The molecule has 0 spiro atoms. The number of ether oxygens (including phenoxy) is 3. The monoisotopic (exact) mass is 849 g/mol. The fourth-order valence-corrected chi connectivity index (χ4v) is 9.05. The van der Waals surface area contributed by atoms with E-state index in [0.29, 0.717) is 51.3 Å². The molecule has 3 fully saturated rings. The van der Waals surface area contributed by atoms with Crippen LogP contribution in [0.5, 0.6) is 11.8 Å². The molecule has 2 saturated carbocycles. The first-order valence-electron chi connectivity index (χ1n) is 20.1. The van der Waals surface area contributed by atoms with E-state index >= 15 is 0 Å². The summed E-state index contributed by atoms with van der Waals surface area (Å²) in [6.45, 7) is 10.0. The smallest absolute Gasteiger partial charge is 0.427 e. The zero-order chi connectivity index (χ0) is 43.3. The van der Waals surface area contributed by atoms with Gasteiger partial charge < -0.3 is 29.7 Å². The van der Waals surface area contributed by atoms with E-state index in [4.69, 9.17) is 14.2 Å². The van der Waals surface area contributed by atoms with Crippen LogP contribution in [-0.4, -0.2) is 95.0 Å². The molecule has 324 valence electrons. The summed E-state index contributed by atoms with van der Waals surface area (Å²) >= 11 is 0. The maximum absolute atomic E-state index is 14.8. The zero-order valence-corrected chi connectivity index (χ0v) is 35.2. The van der Waals surface area contributed by atoms with Crippen molar-refractivity contribution < 1.29 is 55.0 Å². The van der Waals surface area contributed by atoms with Crippen LogP contribution in [0.15, 0.2) is 42.5 Å². The number of hydrogen-bond acceptors (Lipinski definition) is 10. The van der Waals surface area contributed by atoms with E-state index in [9.17, 15) is 40.8 Å². The molecule has 18 heteroatoms. The molecular weight excluding hydrogens is 796 g/mol. The number of hydrogen-bond donors (Lipinski definition) is 3. The van der Waals surface area contributed by atoms with Crippen molar-refractivity contribution in [3.63, 3.8) is 0 Å². The van der Waals surface area contributed by atoms with Gasteiger partial charge in [0.25, 0.3) is 5.91 Å². The number of amides is 4. The van der Waals surface area contributed by atoms with Gasteiger partial charge in [-0.15, -0.1) is 0 Å². The average molecular weight is 850 g/mol. The molecule has 59 heavy (non-hydrogen) atoms. The van der Waals surface area contributed by atoms with Crippen molar-refractivity contribution in [1.82, 2.24) is 25.2 Å². The number of nitrogens with one attached hydrogen (secondary N) is 3. The van der Waals surface area contributed by atoms with Crippen LogP contribution in [0.4, 0.5) is 18.0 Å². The molecule has 4 amide bonds. The maximum atomic E-state index is 14.8. The summed E-state index contributed by atoms with van der Waals surface area (Å²) in [6, 6.07) is 6.24. The molecule has 0 radical (unpaired) electrons. The van der Waals surface area contributed by atoms with E-state index < -0.39 is 85.9 Å². The van der Waals surface area contributed by atoms with Crippen LogP contribution in [0.2, 0.25) is 0 Å². The van der Waals surface area contributed by atoms with Crippen LogP contribution < -0.4 is 24.8 Å². The lowest BCUT2D eigenvalue weighted by Crippen LogP contribution is -2.59. The second-order valence-corrected chi connectivity index (χ2v) is 19.8. The number of fused-ring (bicyclic) bond motifs is 3. The normalized spacial score (nSPS) is 29.2. The lowest BCUT2D eigenvalue weighted by atomic mass is 9.88. The van der Waals surface area contributed by atoms with E-state index in [2.05, 4.69) is 20.3 Å². The summed E-state index contributed by atoms with van der Waals surface area (Å²) in [5.74, 6) is -3.25. The van der Waals surface area contributed by atoms with E-state index in [1.54, 1.807) is 31.2 Å². The number of rotatable bonds is 9. The number of aromatic nitrogens is 1. The van der Waals surface area contributed by atoms with Crippen molar-refractivity contribution in [2.45, 2.75) is 140 Å². The maximum Gasteiger partial charge on any atom is 0.427 e. The standard InChI is InChI=1S/C41H54F3N5O9S/c1-23(2)56-31-19-26-13-9-11-15-29(26)34(45-31)57-28-20-30-33(50)47-40(36(52)48-59(54,55)39(7)16-17-39)21-27(40)14-10-8-12-24(3)18-25(4)32(35(51)49(30)22-28)46-37(53)58-38(5,6)41(42,43)44/h9-11,13-15,19,23-25,27-28,30,32H,8,12,16-18,20-22H2,1-7H3,(H,46,53)(H,47,50)(H,48,52)/b14-10-/t24-,25+,27+,28+,30-,32-,40+/m0/s1. The van der Waals surface area contributed by atoms with E-state index in [0.717, 1.165) is 5.39 Å². The number of alkyl halides is 3. The average Bonchev–Trinajstić information content (AvgIpc) is 4.01. The van der Waals surface area contributed by atoms with Gasteiger partial charge in [-0.2, -0.15) is 18.2 Å². The molecule has 0 unspecified atom stereocenters. The minimum atomic E-state index is -4.92. The zero-order valence-electron chi connectivity index (χ0n) is 34.4. The van der Waals surface area contributed by atoms with Gasteiger partial charge in [0.2, 0.25) is 39.2 Å². The lowest BCUT2D eigenvalue weighted by Gasteiger charge is -2.34. The predicted octanol–water partition coefficient (Wildman–Crippen LogP) is 5.69. The van der Waals surface area contributed by atoms with Crippen molar-refractivity contribution in [3.05, 3.63) is 42.5 Å². The highest BCUT2D eigenvalue weighted by Crippen LogP contribution is 2.48. The molecule has 3 heterocycles. The van der Waals surface area contributed by atoms with Crippen LogP contribution in [0, 0.1) is 17.8 Å². The molecule has 7 atom stereocenters. The minimum absolute atomic E-state index is 0.0406. The predicted molar refractivity (Wildman–Crippen MR) is 211 cm³/mol. The quantitative estimate of drug-likeness (QED) is 0.265. The first kappa shape index (κ1) is 44.0. The summed E-state index contributed by atoms with van der Waals surface area (Å²) in [6.07, 6.45) is -1.60. The number of nitrogens with zero attached hydrogens (tertiary/aromatic N) is 2. The topological polar surface area (TPSA) is 182 Å². The van der Waals surface area contributed by atoms with Crippen molar-refractivity contribution in [2.24, 2.45) is 17.8 Å². The molecule has 2 aliphatic carbocycles. The van der Waals surface area contributed by atoms with Crippen molar-refractivity contribution >= 4 is 44.6 Å². The van der Waals surface area contributed by atoms with Crippen LogP contribution in [0.3, 0.4) is 0 Å². The summed E-state index contributed by atoms with van der Waals surface area (Å²) < 4.78 is 86.0. The summed E-state index contributed by atoms with van der Waals surface area (Å²) in [4.78, 5) is 62.3. The van der Waals surface area contributed by atoms with Gasteiger partial charge in [0.15, 0.2) is 0 Å². The Bertz CT molecular complexity index is 2110. The number of halogens is 3. The molecule has 2 aromatic rings. The molecule has 0 bridgehead atoms. The first-order valence-corrected chi connectivity index (χ1v) is 21.6.